The lowest BCUT2D eigenvalue weighted by Gasteiger charge is -2.22. The minimum Gasteiger partial charge on any atom is -0.361 e. The van der Waals surface area contributed by atoms with Crippen LogP contribution in [0.3, 0.4) is 0 Å². The van der Waals surface area contributed by atoms with E-state index in [1.807, 2.05) is 0 Å². The molecule has 1 N–H and O–H groups in total. The van der Waals surface area contributed by atoms with Gasteiger partial charge in [-0.25, -0.2) is 0 Å². The van der Waals surface area contributed by atoms with Crippen molar-refractivity contribution in [3.05, 3.63) is 84.1 Å². The van der Waals surface area contributed by atoms with E-state index in [-0.39, 0.29) is 0 Å². The summed E-state index contributed by atoms with van der Waals surface area (Å²) in [7, 11) is 0. The van der Waals surface area contributed by atoms with Gasteiger partial charge in [0.2, 0.25) is 0 Å². The smallest absolute Gasteiger partial charge is 0.0460 e. The average Bonchev–Trinajstić information content (AvgIpc) is 2.99. The van der Waals surface area contributed by atoms with Gasteiger partial charge in [-0.15, -0.1) is 0 Å². The second-order valence-corrected chi connectivity index (χ2v) is 6.03. The Bertz CT molecular complexity index is 865. The van der Waals surface area contributed by atoms with Gasteiger partial charge in [0, 0.05) is 22.7 Å². The highest BCUT2D eigenvalue weighted by Crippen LogP contribution is 2.38. The highest BCUT2D eigenvalue weighted by Gasteiger charge is 2.18. The third kappa shape index (κ3) is 2.19. The van der Waals surface area contributed by atoms with Crippen molar-refractivity contribution in [3.8, 4) is 0 Å². The number of allylic oxidation sites excluding steroid dienone is 4. The van der Waals surface area contributed by atoms with Crippen molar-refractivity contribution in [1.82, 2.24) is 4.98 Å². The summed E-state index contributed by atoms with van der Waals surface area (Å²) in [6, 6.07) is 19.2. The Balaban J connectivity index is 1.76. The lowest BCUT2D eigenvalue weighted by molar-refractivity contribution is 0.771. The second kappa shape index (κ2) is 5.34. The fourth-order valence-corrected chi connectivity index (χ4v) is 3.41. The molecule has 0 fully saturated rings. The summed E-state index contributed by atoms with van der Waals surface area (Å²) in [5.41, 5.74) is 6.74. The van der Waals surface area contributed by atoms with Crippen molar-refractivity contribution >= 4 is 22.0 Å². The van der Waals surface area contributed by atoms with E-state index < -0.39 is 0 Å². The zero-order valence-corrected chi connectivity index (χ0v) is 12.7. The van der Waals surface area contributed by atoms with Gasteiger partial charge in [-0.1, -0.05) is 67.6 Å². The van der Waals surface area contributed by atoms with Crippen LogP contribution >= 0.6 is 0 Å². The van der Waals surface area contributed by atoms with Crippen LogP contribution in [0.25, 0.3) is 22.0 Å². The van der Waals surface area contributed by atoms with Gasteiger partial charge in [0.05, 0.1) is 0 Å². The maximum Gasteiger partial charge on any atom is 0.0460 e. The number of rotatable bonds is 2. The van der Waals surface area contributed by atoms with Crippen molar-refractivity contribution in [1.29, 1.82) is 0 Å². The Hall–Kier alpha value is -2.54. The van der Waals surface area contributed by atoms with E-state index in [0.717, 1.165) is 6.42 Å². The molecule has 1 aliphatic carbocycles. The fourth-order valence-electron chi connectivity index (χ4n) is 3.41. The highest BCUT2D eigenvalue weighted by molar-refractivity contribution is 5.94. The molecule has 0 amide bonds. The summed E-state index contributed by atoms with van der Waals surface area (Å²) in [6.45, 7) is 2.32. The molecule has 1 aliphatic rings. The summed E-state index contributed by atoms with van der Waals surface area (Å²) < 4.78 is 0. The van der Waals surface area contributed by atoms with Crippen LogP contribution in [0.5, 0.6) is 0 Å². The first-order chi connectivity index (χ1) is 10.8. The molecule has 2 aromatic carbocycles. The monoisotopic (exact) mass is 285 g/mol. The number of aromatic amines is 1. The third-order valence-corrected chi connectivity index (χ3v) is 4.56. The summed E-state index contributed by atoms with van der Waals surface area (Å²) >= 11 is 0. The largest absolute Gasteiger partial charge is 0.361 e. The van der Waals surface area contributed by atoms with Crippen molar-refractivity contribution in [3.63, 3.8) is 0 Å². The van der Waals surface area contributed by atoms with Gasteiger partial charge in [0.1, 0.15) is 0 Å². The molecule has 4 rings (SSSR count). The Morgan fingerprint density at radius 2 is 1.68 bits per heavy atom. The molecule has 1 unspecified atom stereocenters. The molecule has 108 valence electrons. The standard InChI is InChI=1S/C21H19N/c1-15-13-17(11-12-18(15)16-7-3-2-4-8-16)20-14-22-21-10-6-5-9-19(20)21/h2-12,14-15,22H,13H2,1H3. The predicted octanol–water partition coefficient (Wildman–Crippen LogP) is 5.67. The van der Waals surface area contributed by atoms with Gasteiger partial charge < -0.3 is 4.98 Å². The van der Waals surface area contributed by atoms with Crippen LogP contribution in [0.2, 0.25) is 0 Å². The van der Waals surface area contributed by atoms with Crippen molar-refractivity contribution < 1.29 is 0 Å². The molecular formula is C21H19N. The normalized spacial score (nSPS) is 18.1. The lowest BCUT2D eigenvalue weighted by atomic mass is 9.82. The van der Waals surface area contributed by atoms with E-state index in [0.29, 0.717) is 5.92 Å². The quantitative estimate of drug-likeness (QED) is 0.624. The third-order valence-electron chi connectivity index (χ3n) is 4.56. The van der Waals surface area contributed by atoms with E-state index in [1.165, 1.54) is 33.2 Å². The molecule has 0 bridgehead atoms. The van der Waals surface area contributed by atoms with Gasteiger partial charge in [-0.05, 0) is 35.1 Å². The molecule has 0 saturated carbocycles. The molecule has 1 heteroatoms. The summed E-state index contributed by atoms with van der Waals surface area (Å²) in [6.07, 6.45) is 7.81. The van der Waals surface area contributed by atoms with Gasteiger partial charge in [0.15, 0.2) is 0 Å². The number of hydrogen-bond donors (Lipinski definition) is 1. The first kappa shape index (κ1) is 13.1. The van der Waals surface area contributed by atoms with Crippen LogP contribution in [0, 0.1) is 5.92 Å². The predicted molar refractivity (Wildman–Crippen MR) is 94.5 cm³/mol. The van der Waals surface area contributed by atoms with Crippen LogP contribution in [0.15, 0.2) is 72.9 Å². The second-order valence-electron chi connectivity index (χ2n) is 6.03. The number of fused-ring (bicyclic) bond motifs is 1. The van der Waals surface area contributed by atoms with Crippen LogP contribution in [0.4, 0.5) is 0 Å². The zero-order chi connectivity index (χ0) is 14.9. The molecule has 1 aromatic heterocycles. The van der Waals surface area contributed by atoms with Crippen LogP contribution in [-0.4, -0.2) is 4.98 Å². The molecule has 1 heterocycles. The van der Waals surface area contributed by atoms with Crippen LogP contribution < -0.4 is 0 Å². The molecule has 0 radical (unpaired) electrons. The first-order valence-electron chi connectivity index (χ1n) is 7.85. The van der Waals surface area contributed by atoms with E-state index in [2.05, 4.69) is 84.9 Å². The summed E-state index contributed by atoms with van der Waals surface area (Å²) in [5.74, 6) is 0.538. The zero-order valence-electron chi connectivity index (χ0n) is 12.7. The minimum atomic E-state index is 0.538. The Morgan fingerprint density at radius 1 is 0.909 bits per heavy atom. The van der Waals surface area contributed by atoms with Gasteiger partial charge in [-0.3, -0.25) is 0 Å². The molecular weight excluding hydrogens is 266 g/mol. The van der Waals surface area contributed by atoms with E-state index in [4.69, 9.17) is 0 Å². The number of para-hydroxylation sites is 1. The highest BCUT2D eigenvalue weighted by atomic mass is 14.7. The number of H-pyrrole nitrogens is 1. The number of benzene rings is 2. The molecule has 0 spiro atoms. The maximum absolute atomic E-state index is 3.38. The summed E-state index contributed by atoms with van der Waals surface area (Å²) in [4.78, 5) is 3.38. The number of hydrogen-bond acceptors (Lipinski definition) is 0. The molecule has 22 heavy (non-hydrogen) atoms. The van der Waals surface area contributed by atoms with Gasteiger partial charge in [0.25, 0.3) is 0 Å². The Morgan fingerprint density at radius 3 is 2.50 bits per heavy atom. The van der Waals surface area contributed by atoms with E-state index in [1.54, 1.807) is 0 Å². The van der Waals surface area contributed by atoms with Gasteiger partial charge >= 0.3 is 0 Å². The van der Waals surface area contributed by atoms with Crippen LogP contribution in [-0.2, 0) is 0 Å². The SMILES string of the molecule is CC1CC(c2c[nH]c3ccccc23)=CC=C1c1ccccc1. The van der Waals surface area contributed by atoms with Gasteiger partial charge in [-0.2, -0.15) is 0 Å². The molecule has 1 nitrogen and oxygen atoms in total. The van der Waals surface area contributed by atoms with E-state index in [9.17, 15) is 0 Å². The van der Waals surface area contributed by atoms with Crippen LogP contribution in [0.1, 0.15) is 24.5 Å². The molecule has 0 aliphatic heterocycles. The number of nitrogens with one attached hydrogen (secondary N) is 1. The van der Waals surface area contributed by atoms with Crippen molar-refractivity contribution in [2.45, 2.75) is 13.3 Å². The molecule has 0 saturated heterocycles. The maximum atomic E-state index is 3.38. The van der Waals surface area contributed by atoms with Crippen molar-refractivity contribution in [2.24, 2.45) is 5.92 Å². The number of aromatic nitrogens is 1. The average molecular weight is 285 g/mol. The fraction of sp³-hybridized carbons (Fsp3) is 0.143. The topological polar surface area (TPSA) is 15.8 Å². The van der Waals surface area contributed by atoms with Crippen molar-refractivity contribution in [2.75, 3.05) is 0 Å². The molecule has 3 aromatic rings. The lowest BCUT2D eigenvalue weighted by Crippen LogP contribution is -2.04. The molecule has 1 atom stereocenters. The first-order valence-corrected chi connectivity index (χ1v) is 7.85. The summed E-state index contributed by atoms with van der Waals surface area (Å²) in [5, 5.41) is 1.32. The Kier molecular flexibility index (Phi) is 3.19. The van der Waals surface area contributed by atoms with E-state index >= 15 is 0 Å². The minimum absolute atomic E-state index is 0.538. The Labute approximate surface area is 131 Å².